The van der Waals surface area contributed by atoms with Gasteiger partial charge in [0.25, 0.3) is 0 Å². The fraction of sp³-hybridized carbons (Fsp3) is 0.167. The number of alkyl halides is 1. The molecule has 5 heteroatoms. The molecular formula is C12H8Br2ClFS. The van der Waals surface area contributed by atoms with Gasteiger partial charge in [-0.25, -0.2) is 4.39 Å². The molecule has 1 unspecified atom stereocenters. The molecule has 17 heavy (non-hydrogen) atoms. The number of halogens is 4. The first-order chi connectivity index (χ1) is 8.06. The van der Waals surface area contributed by atoms with Crippen LogP contribution in [0.25, 0.3) is 0 Å². The van der Waals surface area contributed by atoms with E-state index >= 15 is 0 Å². The van der Waals surface area contributed by atoms with Gasteiger partial charge in [-0.2, -0.15) is 0 Å². The Morgan fingerprint density at radius 2 is 1.88 bits per heavy atom. The number of hydrogen-bond donors (Lipinski definition) is 0. The minimum atomic E-state index is -0.221. The van der Waals surface area contributed by atoms with Crippen molar-refractivity contribution >= 4 is 54.8 Å². The van der Waals surface area contributed by atoms with Gasteiger partial charge in [-0.15, -0.1) is 22.9 Å². The summed E-state index contributed by atoms with van der Waals surface area (Å²) < 4.78 is 14.8. The molecule has 0 N–H and O–H groups in total. The Morgan fingerprint density at radius 1 is 1.24 bits per heavy atom. The molecule has 90 valence electrons. The van der Waals surface area contributed by atoms with Crippen LogP contribution >= 0.6 is 54.8 Å². The van der Waals surface area contributed by atoms with E-state index in [1.165, 1.54) is 12.1 Å². The predicted molar refractivity (Wildman–Crippen MR) is 78.4 cm³/mol. The van der Waals surface area contributed by atoms with Crippen molar-refractivity contribution in [3.8, 4) is 0 Å². The van der Waals surface area contributed by atoms with Gasteiger partial charge in [0.05, 0.1) is 9.16 Å². The smallest absolute Gasteiger partial charge is 0.123 e. The summed E-state index contributed by atoms with van der Waals surface area (Å²) in [6.45, 7) is 0. The zero-order valence-corrected chi connectivity index (χ0v) is 13.3. The molecule has 0 aliphatic carbocycles. The number of hydrogen-bond acceptors (Lipinski definition) is 1. The number of rotatable bonds is 3. The lowest BCUT2D eigenvalue weighted by Crippen LogP contribution is -1.93. The number of thiophene rings is 1. The topological polar surface area (TPSA) is 0 Å². The third-order valence-electron chi connectivity index (χ3n) is 2.30. The molecule has 0 radical (unpaired) electrons. The normalized spacial score (nSPS) is 12.7. The maximum Gasteiger partial charge on any atom is 0.123 e. The van der Waals surface area contributed by atoms with Crippen molar-refractivity contribution in [2.24, 2.45) is 0 Å². The molecule has 1 aromatic heterocycles. The molecule has 0 saturated carbocycles. The van der Waals surface area contributed by atoms with E-state index in [0.717, 1.165) is 18.7 Å². The Morgan fingerprint density at radius 3 is 2.41 bits per heavy atom. The van der Waals surface area contributed by atoms with Gasteiger partial charge in [0.15, 0.2) is 0 Å². The molecule has 0 saturated heterocycles. The van der Waals surface area contributed by atoms with E-state index in [1.807, 2.05) is 6.07 Å². The average molecular weight is 399 g/mol. The van der Waals surface area contributed by atoms with Crippen LogP contribution in [0.1, 0.15) is 15.8 Å². The third kappa shape index (κ3) is 3.53. The standard InChI is InChI=1S/C12H8Br2ClFS/c13-9-6-11(17-12(9)14)10(15)5-7-1-3-8(16)4-2-7/h1-4,6,10H,5H2. The molecule has 2 aromatic rings. The van der Waals surface area contributed by atoms with Gasteiger partial charge < -0.3 is 0 Å². The van der Waals surface area contributed by atoms with Crippen LogP contribution < -0.4 is 0 Å². The second-order valence-electron chi connectivity index (χ2n) is 3.57. The van der Waals surface area contributed by atoms with E-state index in [4.69, 9.17) is 11.6 Å². The van der Waals surface area contributed by atoms with Crippen LogP contribution in [-0.4, -0.2) is 0 Å². The maximum atomic E-state index is 12.8. The van der Waals surface area contributed by atoms with Crippen LogP contribution in [0.5, 0.6) is 0 Å². The summed E-state index contributed by atoms with van der Waals surface area (Å²) in [5.41, 5.74) is 1.03. The molecule has 1 heterocycles. The lowest BCUT2D eigenvalue weighted by Gasteiger charge is -2.06. The molecular weight excluding hydrogens is 390 g/mol. The molecule has 1 aromatic carbocycles. The van der Waals surface area contributed by atoms with Crippen LogP contribution in [0, 0.1) is 5.82 Å². The van der Waals surface area contributed by atoms with Crippen molar-refractivity contribution in [1.29, 1.82) is 0 Å². The van der Waals surface area contributed by atoms with E-state index in [0.29, 0.717) is 6.42 Å². The fourth-order valence-corrected chi connectivity index (χ4v) is 3.89. The largest absolute Gasteiger partial charge is 0.207 e. The molecule has 1 atom stereocenters. The Labute approximate surface area is 125 Å². The van der Waals surface area contributed by atoms with Gasteiger partial charge in [0.2, 0.25) is 0 Å². The van der Waals surface area contributed by atoms with Crippen molar-refractivity contribution in [3.05, 3.63) is 54.8 Å². The first kappa shape index (κ1) is 13.5. The van der Waals surface area contributed by atoms with Gasteiger partial charge in [-0.05, 0) is 62.0 Å². The average Bonchev–Trinajstić information content (AvgIpc) is 2.63. The lowest BCUT2D eigenvalue weighted by molar-refractivity contribution is 0.627. The van der Waals surface area contributed by atoms with Crippen LogP contribution in [0.15, 0.2) is 38.6 Å². The summed E-state index contributed by atoms with van der Waals surface area (Å²) in [7, 11) is 0. The number of benzene rings is 1. The minimum absolute atomic E-state index is 0.0898. The summed E-state index contributed by atoms with van der Waals surface area (Å²) in [5, 5.41) is -0.0898. The zero-order valence-electron chi connectivity index (χ0n) is 8.59. The van der Waals surface area contributed by atoms with Gasteiger partial charge in [-0.3, -0.25) is 0 Å². The first-order valence-corrected chi connectivity index (χ1v) is 7.73. The van der Waals surface area contributed by atoms with Crippen LogP contribution in [0.3, 0.4) is 0 Å². The molecule has 0 nitrogen and oxygen atoms in total. The van der Waals surface area contributed by atoms with E-state index in [1.54, 1.807) is 23.5 Å². The Hall–Kier alpha value is 0.1000. The zero-order chi connectivity index (χ0) is 12.4. The van der Waals surface area contributed by atoms with Crippen molar-refractivity contribution < 1.29 is 4.39 Å². The first-order valence-electron chi connectivity index (χ1n) is 4.89. The highest BCUT2D eigenvalue weighted by molar-refractivity contribution is 9.13. The SMILES string of the molecule is Fc1ccc(CC(Cl)c2cc(Br)c(Br)s2)cc1. The highest BCUT2D eigenvalue weighted by Crippen LogP contribution is 2.38. The Bertz CT molecular complexity index is 490. The molecule has 0 aliphatic heterocycles. The molecule has 0 fully saturated rings. The Balaban J connectivity index is 2.11. The third-order valence-corrected chi connectivity index (χ3v) is 6.19. The molecule has 0 bridgehead atoms. The second kappa shape index (κ2) is 5.83. The van der Waals surface area contributed by atoms with Gasteiger partial charge in [-0.1, -0.05) is 12.1 Å². The lowest BCUT2D eigenvalue weighted by atomic mass is 10.1. The molecule has 2 rings (SSSR count). The second-order valence-corrected chi connectivity index (χ2v) is 7.35. The maximum absolute atomic E-state index is 12.8. The van der Waals surface area contributed by atoms with Crippen molar-refractivity contribution in [2.45, 2.75) is 11.8 Å². The summed E-state index contributed by atoms with van der Waals surface area (Å²) in [6.07, 6.45) is 0.696. The predicted octanol–water partition coefficient (Wildman–Crippen LogP) is 5.93. The van der Waals surface area contributed by atoms with Gasteiger partial charge >= 0.3 is 0 Å². The van der Waals surface area contributed by atoms with E-state index in [2.05, 4.69) is 31.9 Å². The summed E-state index contributed by atoms with van der Waals surface area (Å²) >= 11 is 14.8. The van der Waals surface area contributed by atoms with E-state index in [9.17, 15) is 4.39 Å². The monoisotopic (exact) mass is 396 g/mol. The molecule has 0 spiro atoms. The van der Waals surface area contributed by atoms with Crippen LogP contribution in [0.2, 0.25) is 0 Å². The van der Waals surface area contributed by atoms with Gasteiger partial charge in [0.1, 0.15) is 5.82 Å². The quantitative estimate of drug-likeness (QED) is 0.562. The van der Waals surface area contributed by atoms with Crippen molar-refractivity contribution in [1.82, 2.24) is 0 Å². The summed E-state index contributed by atoms with van der Waals surface area (Å²) in [6, 6.07) is 8.46. The minimum Gasteiger partial charge on any atom is -0.207 e. The van der Waals surface area contributed by atoms with Gasteiger partial charge in [0, 0.05) is 9.35 Å². The van der Waals surface area contributed by atoms with Crippen molar-refractivity contribution in [2.75, 3.05) is 0 Å². The highest BCUT2D eigenvalue weighted by Gasteiger charge is 2.13. The summed E-state index contributed by atoms with van der Waals surface area (Å²) in [5.74, 6) is -0.221. The van der Waals surface area contributed by atoms with Crippen molar-refractivity contribution in [3.63, 3.8) is 0 Å². The van der Waals surface area contributed by atoms with E-state index in [-0.39, 0.29) is 11.2 Å². The van der Waals surface area contributed by atoms with E-state index < -0.39 is 0 Å². The fourth-order valence-electron chi connectivity index (χ4n) is 1.45. The molecule has 0 amide bonds. The molecule has 0 aliphatic rings. The highest BCUT2D eigenvalue weighted by atomic mass is 79.9. The van der Waals surface area contributed by atoms with Crippen LogP contribution in [-0.2, 0) is 6.42 Å². The Kier molecular flexibility index (Phi) is 4.64. The van der Waals surface area contributed by atoms with Crippen LogP contribution in [0.4, 0.5) is 4.39 Å². The summed E-state index contributed by atoms with van der Waals surface area (Å²) in [4.78, 5) is 1.09.